The number of ether oxygens (including phenoxy) is 1. The Hall–Kier alpha value is -3.17. The predicted molar refractivity (Wildman–Crippen MR) is 132 cm³/mol. The van der Waals surface area contributed by atoms with E-state index in [9.17, 15) is 32.3 Å². The zero-order valence-corrected chi connectivity index (χ0v) is 21.4. The highest BCUT2D eigenvalue weighted by atomic mass is 19.4. The van der Waals surface area contributed by atoms with Crippen molar-refractivity contribution in [1.82, 2.24) is 4.90 Å². The van der Waals surface area contributed by atoms with E-state index >= 15 is 4.39 Å². The van der Waals surface area contributed by atoms with E-state index in [1.165, 1.54) is 11.0 Å². The molecule has 1 saturated carbocycles. The van der Waals surface area contributed by atoms with Gasteiger partial charge in [0.25, 0.3) is 5.91 Å². The van der Waals surface area contributed by atoms with Gasteiger partial charge in [-0.25, -0.2) is 8.78 Å². The summed E-state index contributed by atoms with van der Waals surface area (Å²) in [5, 5.41) is 9.27. The van der Waals surface area contributed by atoms with Crippen LogP contribution >= 0.6 is 0 Å². The van der Waals surface area contributed by atoms with Crippen LogP contribution in [0.1, 0.15) is 55.7 Å². The van der Waals surface area contributed by atoms with Crippen LogP contribution in [0.4, 0.5) is 22.0 Å². The van der Waals surface area contributed by atoms with Crippen LogP contribution < -0.4 is 4.74 Å². The van der Waals surface area contributed by atoms with Crippen molar-refractivity contribution in [1.29, 1.82) is 0 Å². The second-order valence-corrected chi connectivity index (χ2v) is 11.2. The van der Waals surface area contributed by atoms with E-state index in [0.29, 0.717) is 25.3 Å². The summed E-state index contributed by atoms with van der Waals surface area (Å²) in [6.07, 6.45) is -4.54. The van der Waals surface area contributed by atoms with Crippen LogP contribution in [0.15, 0.2) is 48.5 Å². The Kier molecular flexibility index (Phi) is 6.66. The number of aliphatic carboxylic acids is 1. The summed E-state index contributed by atoms with van der Waals surface area (Å²) >= 11 is 0. The molecule has 2 heterocycles. The summed E-state index contributed by atoms with van der Waals surface area (Å²) < 4.78 is 76.9. The SMILES string of the molecule is CC(F)(c1ccc2c(c1)OCC1N(C(=O)[C@]3(F)CC[C@@H](C(=O)O)CC3)CCC21Cc1ccccc1)C(F)(F)F. The van der Waals surface area contributed by atoms with E-state index < -0.39 is 52.3 Å². The van der Waals surface area contributed by atoms with Gasteiger partial charge in [0, 0.05) is 23.1 Å². The van der Waals surface area contributed by atoms with Crippen molar-refractivity contribution in [2.45, 2.75) is 74.4 Å². The van der Waals surface area contributed by atoms with Gasteiger partial charge in [-0.2, -0.15) is 13.2 Å². The van der Waals surface area contributed by atoms with Crippen molar-refractivity contribution >= 4 is 11.9 Å². The molecule has 2 aromatic carbocycles. The summed E-state index contributed by atoms with van der Waals surface area (Å²) in [6.45, 7) is 0.589. The topological polar surface area (TPSA) is 66.8 Å². The maximum atomic E-state index is 16.0. The van der Waals surface area contributed by atoms with Crippen molar-refractivity contribution in [2.75, 3.05) is 13.2 Å². The molecule has 5 nitrogen and oxygen atoms in total. The highest BCUT2D eigenvalue weighted by Gasteiger charge is 2.58. The number of hydrogen-bond acceptors (Lipinski definition) is 3. The Morgan fingerprint density at radius 2 is 1.72 bits per heavy atom. The third-order valence-corrected chi connectivity index (χ3v) is 8.94. The summed E-state index contributed by atoms with van der Waals surface area (Å²) in [7, 11) is 0. The molecule has 2 fully saturated rings. The number of halogens is 5. The molecule has 1 N–H and O–H groups in total. The fraction of sp³-hybridized carbons (Fsp3) is 0.517. The minimum atomic E-state index is -5.12. The monoisotopic (exact) mass is 551 g/mol. The molecule has 3 atom stereocenters. The molecule has 39 heavy (non-hydrogen) atoms. The van der Waals surface area contributed by atoms with E-state index in [1.54, 1.807) is 0 Å². The molecule has 1 aliphatic carbocycles. The van der Waals surface area contributed by atoms with E-state index in [4.69, 9.17) is 4.74 Å². The molecule has 2 aliphatic heterocycles. The second-order valence-electron chi connectivity index (χ2n) is 11.2. The summed E-state index contributed by atoms with van der Waals surface area (Å²) in [5.74, 6) is -2.27. The van der Waals surface area contributed by atoms with Gasteiger partial charge in [0.05, 0.1) is 12.0 Å². The van der Waals surface area contributed by atoms with Gasteiger partial charge in [0.15, 0.2) is 5.67 Å². The van der Waals surface area contributed by atoms with Crippen molar-refractivity contribution < 1.29 is 41.4 Å². The minimum absolute atomic E-state index is 0.0640. The van der Waals surface area contributed by atoms with Crippen LogP contribution in [0.25, 0.3) is 0 Å². The van der Waals surface area contributed by atoms with Crippen LogP contribution in [0, 0.1) is 5.92 Å². The van der Waals surface area contributed by atoms with Gasteiger partial charge in [-0.05, 0) is 57.1 Å². The fourth-order valence-corrected chi connectivity index (χ4v) is 6.48. The first-order chi connectivity index (χ1) is 18.3. The van der Waals surface area contributed by atoms with Crippen LogP contribution in [0.3, 0.4) is 0 Å². The Balaban J connectivity index is 1.51. The lowest BCUT2D eigenvalue weighted by Gasteiger charge is -2.45. The molecule has 1 amide bonds. The third-order valence-electron chi connectivity index (χ3n) is 8.94. The van der Waals surface area contributed by atoms with E-state index in [0.717, 1.165) is 17.7 Å². The van der Waals surface area contributed by atoms with Crippen LogP contribution in [-0.4, -0.2) is 52.9 Å². The number of nitrogens with zero attached hydrogens (tertiary/aromatic N) is 1. The number of rotatable bonds is 5. The van der Waals surface area contributed by atoms with Gasteiger partial charge in [0.2, 0.25) is 5.67 Å². The molecule has 3 unspecified atom stereocenters. The molecule has 0 radical (unpaired) electrons. The lowest BCUT2D eigenvalue weighted by Crippen LogP contribution is -2.57. The molecule has 0 spiro atoms. The first-order valence-corrected chi connectivity index (χ1v) is 13.1. The van der Waals surface area contributed by atoms with Crippen molar-refractivity contribution in [3.05, 3.63) is 65.2 Å². The van der Waals surface area contributed by atoms with Crippen LogP contribution in [0.2, 0.25) is 0 Å². The Morgan fingerprint density at radius 1 is 1.05 bits per heavy atom. The van der Waals surface area contributed by atoms with Gasteiger partial charge in [-0.15, -0.1) is 0 Å². The van der Waals surface area contributed by atoms with E-state index in [2.05, 4.69) is 0 Å². The molecule has 10 heteroatoms. The minimum Gasteiger partial charge on any atom is -0.491 e. The summed E-state index contributed by atoms with van der Waals surface area (Å²) in [4.78, 5) is 26.4. The molecular weight excluding hydrogens is 521 g/mol. The fourth-order valence-electron chi connectivity index (χ4n) is 6.48. The standard InChI is InChI=1S/C29H30F5NO4/c1-26(30,29(32,33)34)20-7-8-21-22(15-20)39-17-23-27(21,16-18-5-3-2-4-6-18)13-14-35(23)25(38)28(31)11-9-19(10-12-28)24(36)37/h2-8,15,19,23H,9-14,16-17H2,1H3,(H,36,37)/t19-,23?,26?,27?,28+. The number of carbonyl (C=O) groups is 2. The quantitative estimate of drug-likeness (QED) is 0.471. The number of carboxylic acid groups (broad SMARTS) is 1. The average Bonchev–Trinajstić information content (AvgIpc) is 3.27. The van der Waals surface area contributed by atoms with Gasteiger partial charge >= 0.3 is 12.1 Å². The Labute approximate surface area is 222 Å². The predicted octanol–water partition coefficient (Wildman–Crippen LogP) is 5.89. The third kappa shape index (κ3) is 4.55. The molecule has 1 saturated heterocycles. The smallest absolute Gasteiger partial charge is 0.426 e. The highest BCUT2D eigenvalue weighted by molar-refractivity contribution is 5.86. The number of carbonyl (C=O) groups excluding carboxylic acids is 1. The number of fused-ring (bicyclic) bond motifs is 3. The first kappa shape index (κ1) is 27.4. The van der Waals surface area contributed by atoms with Crippen LogP contribution in [0.5, 0.6) is 5.75 Å². The second kappa shape index (κ2) is 9.48. The van der Waals surface area contributed by atoms with Crippen molar-refractivity contribution in [3.8, 4) is 5.75 Å². The molecule has 3 aliphatic rings. The number of hydrogen-bond donors (Lipinski definition) is 1. The molecule has 0 aromatic heterocycles. The lowest BCUT2D eigenvalue weighted by atomic mass is 9.68. The number of alkyl halides is 5. The number of benzene rings is 2. The zero-order chi connectivity index (χ0) is 28.2. The highest BCUT2D eigenvalue weighted by Crippen LogP contribution is 2.52. The molecule has 2 aromatic rings. The summed E-state index contributed by atoms with van der Waals surface area (Å²) in [5.41, 5.74) is -5.66. The van der Waals surface area contributed by atoms with E-state index in [-0.39, 0.29) is 44.6 Å². The maximum Gasteiger partial charge on any atom is 0.426 e. The van der Waals surface area contributed by atoms with Crippen LogP contribution in [-0.2, 0) is 27.1 Å². The number of amides is 1. The zero-order valence-electron chi connectivity index (χ0n) is 21.4. The Morgan fingerprint density at radius 3 is 2.33 bits per heavy atom. The molecule has 210 valence electrons. The van der Waals surface area contributed by atoms with Gasteiger partial charge in [-0.3, -0.25) is 9.59 Å². The number of carboxylic acids is 1. The molecule has 5 rings (SSSR count). The molecular formula is C29H30F5NO4. The van der Waals surface area contributed by atoms with Gasteiger partial charge in [-0.1, -0.05) is 42.5 Å². The van der Waals surface area contributed by atoms with Crippen molar-refractivity contribution in [2.24, 2.45) is 5.92 Å². The van der Waals surface area contributed by atoms with E-state index in [1.807, 2.05) is 30.3 Å². The number of likely N-dealkylation sites (tertiary alicyclic amines) is 1. The first-order valence-electron chi connectivity index (χ1n) is 13.1. The lowest BCUT2D eigenvalue weighted by molar-refractivity contribution is -0.228. The normalized spacial score (nSPS) is 30.1. The maximum absolute atomic E-state index is 16.0. The average molecular weight is 552 g/mol. The Bertz CT molecular complexity index is 1260. The van der Waals surface area contributed by atoms with Gasteiger partial charge in [0.1, 0.15) is 12.4 Å². The largest absolute Gasteiger partial charge is 0.491 e. The van der Waals surface area contributed by atoms with Gasteiger partial charge < -0.3 is 14.7 Å². The summed E-state index contributed by atoms with van der Waals surface area (Å²) in [6, 6.07) is 12.4. The molecule has 0 bridgehead atoms. The van der Waals surface area contributed by atoms with Crippen molar-refractivity contribution in [3.63, 3.8) is 0 Å².